The minimum Gasteiger partial charge on any atom is -0.299 e. The summed E-state index contributed by atoms with van der Waals surface area (Å²) in [5.74, 6) is 3.52. The SMILES string of the molecule is CCC1CCCC(N(CC2CCCCC2)CC2CCCCC2)C1c1cc(C)cc(C)c1. The van der Waals surface area contributed by atoms with Gasteiger partial charge in [0.15, 0.2) is 0 Å². The number of rotatable bonds is 7. The largest absolute Gasteiger partial charge is 0.299 e. The third-order valence-electron chi connectivity index (χ3n) is 9.05. The Labute approximate surface area is 193 Å². The van der Waals surface area contributed by atoms with Crippen LogP contribution in [0, 0.1) is 31.6 Å². The van der Waals surface area contributed by atoms with Crippen LogP contribution in [-0.4, -0.2) is 24.0 Å². The van der Waals surface area contributed by atoms with Gasteiger partial charge in [-0.05, 0) is 75.7 Å². The van der Waals surface area contributed by atoms with Crippen molar-refractivity contribution in [3.63, 3.8) is 0 Å². The summed E-state index contributed by atoms with van der Waals surface area (Å²) in [5.41, 5.74) is 4.58. The van der Waals surface area contributed by atoms with Gasteiger partial charge in [-0.25, -0.2) is 0 Å². The Kier molecular flexibility index (Phi) is 8.55. The van der Waals surface area contributed by atoms with Crippen molar-refractivity contribution >= 4 is 0 Å². The molecule has 0 aliphatic heterocycles. The molecule has 0 amide bonds. The zero-order valence-electron chi connectivity index (χ0n) is 20.9. The van der Waals surface area contributed by atoms with Crippen LogP contribution in [-0.2, 0) is 0 Å². The first-order chi connectivity index (χ1) is 15.1. The van der Waals surface area contributed by atoms with Gasteiger partial charge in [0.1, 0.15) is 0 Å². The van der Waals surface area contributed by atoms with Crippen molar-refractivity contribution in [2.24, 2.45) is 17.8 Å². The van der Waals surface area contributed by atoms with Crippen LogP contribution >= 0.6 is 0 Å². The molecule has 3 saturated carbocycles. The first-order valence-electron chi connectivity index (χ1n) is 14.0. The van der Waals surface area contributed by atoms with Crippen molar-refractivity contribution in [2.75, 3.05) is 13.1 Å². The molecule has 3 aliphatic rings. The van der Waals surface area contributed by atoms with E-state index in [1.54, 1.807) is 5.56 Å². The van der Waals surface area contributed by atoms with Gasteiger partial charge in [-0.3, -0.25) is 4.90 Å². The highest BCUT2D eigenvalue weighted by molar-refractivity contribution is 5.33. The summed E-state index contributed by atoms with van der Waals surface area (Å²) >= 11 is 0. The van der Waals surface area contributed by atoms with Gasteiger partial charge >= 0.3 is 0 Å². The van der Waals surface area contributed by atoms with Crippen molar-refractivity contribution in [1.82, 2.24) is 4.90 Å². The van der Waals surface area contributed by atoms with Crippen LogP contribution < -0.4 is 0 Å². The van der Waals surface area contributed by atoms with E-state index in [-0.39, 0.29) is 0 Å². The molecule has 3 unspecified atom stereocenters. The Hall–Kier alpha value is -0.820. The van der Waals surface area contributed by atoms with E-state index in [0.717, 1.165) is 29.7 Å². The lowest BCUT2D eigenvalue weighted by Crippen LogP contribution is -2.48. The lowest BCUT2D eigenvalue weighted by Gasteiger charge is -2.47. The molecule has 3 aliphatic carbocycles. The van der Waals surface area contributed by atoms with E-state index in [2.05, 4.69) is 43.9 Å². The quantitative estimate of drug-likeness (QED) is 0.425. The molecule has 1 aromatic rings. The van der Waals surface area contributed by atoms with E-state index >= 15 is 0 Å². The predicted octanol–water partition coefficient (Wildman–Crippen LogP) is 8.43. The standard InChI is InChI=1S/C30H49N/c1-4-27-16-11-17-29(30(27)28-19-23(2)18-24(3)20-28)31(21-25-12-7-5-8-13-25)22-26-14-9-6-10-15-26/h18-20,25-27,29-30H,4-17,21-22H2,1-3H3. The van der Waals surface area contributed by atoms with Gasteiger partial charge in [0.25, 0.3) is 0 Å². The van der Waals surface area contributed by atoms with Crippen LogP contribution in [0.2, 0.25) is 0 Å². The number of benzene rings is 1. The molecular formula is C30H49N. The van der Waals surface area contributed by atoms with Gasteiger partial charge in [0.2, 0.25) is 0 Å². The minimum absolute atomic E-state index is 0.740. The second kappa shape index (κ2) is 11.4. The predicted molar refractivity (Wildman–Crippen MR) is 135 cm³/mol. The average Bonchev–Trinajstić information content (AvgIpc) is 2.79. The van der Waals surface area contributed by atoms with Crippen LogP contribution in [0.15, 0.2) is 18.2 Å². The highest BCUT2D eigenvalue weighted by Gasteiger charge is 2.38. The van der Waals surface area contributed by atoms with E-state index in [4.69, 9.17) is 0 Å². The molecule has 0 heterocycles. The fraction of sp³-hybridized carbons (Fsp3) is 0.800. The van der Waals surface area contributed by atoms with Crippen molar-refractivity contribution in [3.8, 4) is 0 Å². The van der Waals surface area contributed by atoms with E-state index in [0.29, 0.717) is 0 Å². The Balaban J connectivity index is 1.61. The van der Waals surface area contributed by atoms with Crippen LogP contribution in [0.4, 0.5) is 0 Å². The lowest BCUT2D eigenvalue weighted by molar-refractivity contribution is 0.0603. The normalized spacial score (nSPS) is 28.8. The molecule has 0 radical (unpaired) electrons. The maximum Gasteiger partial charge on any atom is 0.0167 e. The van der Waals surface area contributed by atoms with Crippen LogP contribution in [0.1, 0.15) is 119 Å². The van der Waals surface area contributed by atoms with Gasteiger partial charge in [-0.2, -0.15) is 0 Å². The topological polar surface area (TPSA) is 3.24 Å². The molecular weight excluding hydrogens is 374 g/mol. The molecule has 1 nitrogen and oxygen atoms in total. The van der Waals surface area contributed by atoms with Gasteiger partial charge in [0, 0.05) is 25.0 Å². The zero-order chi connectivity index (χ0) is 21.6. The Morgan fingerprint density at radius 1 is 0.677 bits per heavy atom. The molecule has 0 bridgehead atoms. The molecule has 1 heteroatoms. The molecule has 3 fully saturated rings. The van der Waals surface area contributed by atoms with E-state index in [1.807, 2.05) is 0 Å². The first-order valence-corrected chi connectivity index (χ1v) is 14.0. The third kappa shape index (κ3) is 6.16. The van der Waals surface area contributed by atoms with Crippen molar-refractivity contribution in [1.29, 1.82) is 0 Å². The van der Waals surface area contributed by atoms with Crippen molar-refractivity contribution < 1.29 is 0 Å². The molecule has 3 atom stereocenters. The van der Waals surface area contributed by atoms with Gasteiger partial charge < -0.3 is 0 Å². The maximum absolute atomic E-state index is 3.08. The Morgan fingerprint density at radius 3 is 1.74 bits per heavy atom. The van der Waals surface area contributed by atoms with E-state index in [9.17, 15) is 0 Å². The summed E-state index contributed by atoms with van der Waals surface area (Å²) in [5, 5.41) is 0. The number of nitrogens with zero attached hydrogens (tertiary/aromatic N) is 1. The molecule has 174 valence electrons. The Morgan fingerprint density at radius 2 is 1.23 bits per heavy atom. The molecule has 4 rings (SSSR count). The number of aryl methyl sites for hydroxylation is 2. The highest BCUT2D eigenvalue weighted by Crippen LogP contribution is 2.44. The summed E-state index contributed by atoms with van der Waals surface area (Å²) < 4.78 is 0. The first kappa shape index (κ1) is 23.3. The van der Waals surface area contributed by atoms with E-state index in [1.165, 1.54) is 114 Å². The molecule has 0 N–H and O–H groups in total. The number of hydrogen-bond donors (Lipinski definition) is 0. The fourth-order valence-corrected chi connectivity index (χ4v) is 7.57. The molecule has 0 aromatic heterocycles. The summed E-state index contributed by atoms with van der Waals surface area (Å²) in [4.78, 5) is 3.08. The molecule has 1 aromatic carbocycles. The van der Waals surface area contributed by atoms with Crippen LogP contribution in [0.25, 0.3) is 0 Å². The smallest absolute Gasteiger partial charge is 0.0167 e. The molecule has 31 heavy (non-hydrogen) atoms. The van der Waals surface area contributed by atoms with Gasteiger partial charge in [-0.1, -0.05) is 87.6 Å². The van der Waals surface area contributed by atoms with Crippen LogP contribution in [0.3, 0.4) is 0 Å². The van der Waals surface area contributed by atoms with Crippen molar-refractivity contribution in [2.45, 2.75) is 123 Å². The number of hydrogen-bond acceptors (Lipinski definition) is 1. The second-order valence-corrected chi connectivity index (χ2v) is 11.6. The summed E-state index contributed by atoms with van der Waals surface area (Å²) in [6, 6.07) is 8.21. The van der Waals surface area contributed by atoms with Gasteiger partial charge in [-0.15, -0.1) is 0 Å². The second-order valence-electron chi connectivity index (χ2n) is 11.6. The average molecular weight is 424 g/mol. The lowest BCUT2D eigenvalue weighted by atomic mass is 9.69. The summed E-state index contributed by atoms with van der Waals surface area (Å²) in [6.07, 6.45) is 20.4. The summed E-state index contributed by atoms with van der Waals surface area (Å²) in [6.45, 7) is 9.83. The fourth-order valence-electron chi connectivity index (χ4n) is 7.57. The summed E-state index contributed by atoms with van der Waals surface area (Å²) in [7, 11) is 0. The third-order valence-corrected chi connectivity index (χ3v) is 9.05. The molecule has 0 spiro atoms. The van der Waals surface area contributed by atoms with Crippen molar-refractivity contribution in [3.05, 3.63) is 34.9 Å². The Bertz CT molecular complexity index is 627. The van der Waals surface area contributed by atoms with Crippen LogP contribution in [0.5, 0.6) is 0 Å². The van der Waals surface area contributed by atoms with E-state index < -0.39 is 0 Å². The maximum atomic E-state index is 3.08. The molecule has 0 saturated heterocycles. The minimum atomic E-state index is 0.740. The monoisotopic (exact) mass is 423 g/mol. The zero-order valence-corrected chi connectivity index (χ0v) is 20.9. The van der Waals surface area contributed by atoms with Gasteiger partial charge in [0.05, 0.1) is 0 Å². The highest BCUT2D eigenvalue weighted by atomic mass is 15.2.